The van der Waals surface area contributed by atoms with E-state index in [9.17, 15) is 13.2 Å². The Bertz CT molecular complexity index is 933. The van der Waals surface area contributed by atoms with Crippen LogP contribution in [0.15, 0.2) is 58.4 Å². The van der Waals surface area contributed by atoms with Gasteiger partial charge in [-0.05, 0) is 48.5 Å². The number of aliphatic imine (C=N–C) groups is 1. The van der Waals surface area contributed by atoms with Gasteiger partial charge < -0.3 is 10.6 Å². The molecule has 136 valence electrons. The van der Waals surface area contributed by atoms with E-state index in [1.807, 2.05) is 12.1 Å². The quantitative estimate of drug-likeness (QED) is 0.833. The fourth-order valence-corrected chi connectivity index (χ4v) is 3.40. The average Bonchev–Trinajstić information content (AvgIpc) is 3.17. The number of hydrogen-bond acceptors (Lipinski definition) is 5. The Morgan fingerprint density at radius 3 is 2.27 bits per heavy atom. The van der Waals surface area contributed by atoms with Crippen LogP contribution in [0.2, 0.25) is 0 Å². The van der Waals surface area contributed by atoms with Crippen LogP contribution in [0, 0.1) is 0 Å². The van der Waals surface area contributed by atoms with Crippen LogP contribution >= 0.6 is 0 Å². The number of hydrogen-bond donors (Lipinski definition) is 2. The maximum atomic E-state index is 12.3. The summed E-state index contributed by atoms with van der Waals surface area (Å²) < 4.78 is 25.2. The molecule has 0 aliphatic carbocycles. The molecule has 8 heteroatoms. The lowest BCUT2D eigenvalue weighted by molar-refractivity contribution is 0.102. The van der Waals surface area contributed by atoms with Crippen molar-refractivity contribution in [3.05, 3.63) is 59.7 Å². The third kappa shape index (κ3) is 3.76. The van der Waals surface area contributed by atoms with Crippen molar-refractivity contribution >= 4 is 27.5 Å². The summed E-state index contributed by atoms with van der Waals surface area (Å²) in [6, 6.07) is 13.2. The smallest absolute Gasteiger partial charge is 0.255 e. The predicted molar refractivity (Wildman–Crippen MR) is 101 cm³/mol. The Kier molecular flexibility index (Phi) is 5.06. The van der Waals surface area contributed by atoms with E-state index in [1.165, 1.54) is 38.4 Å². The van der Waals surface area contributed by atoms with Crippen LogP contribution in [0.4, 0.5) is 5.69 Å². The Morgan fingerprint density at radius 2 is 1.73 bits per heavy atom. The molecule has 7 nitrogen and oxygen atoms in total. The van der Waals surface area contributed by atoms with E-state index in [1.54, 1.807) is 12.1 Å². The van der Waals surface area contributed by atoms with Crippen LogP contribution in [0.3, 0.4) is 0 Å². The highest BCUT2D eigenvalue weighted by molar-refractivity contribution is 7.89. The van der Waals surface area contributed by atoms with Gasteiger partial charge in [-0.2, -0.15) is 0 Å². The van der Waals surface area contributed by atoms with Gasteiger partial charge in [-0.3, -0.25) is 9.79 Å². The summed E-state index contributed by atoms with van der Waals surface area (Å²) in [5, 5.41) is 5.99. The Morgan fingerprint density at radius 1 is 1.08 bits per heavy atom. The van der Waals surface area contributed by atoms with E-state index in [2.05, 4.69) is 15.6 Å². The fraction of sp³-hybridized carbons (Fsp3) is 0.222. The van der Waals surface area contributed by atoms with Crippen molar-refractivity contribution in [1.82, 2.24) is 9.62 Å². The minimum atomic E-state index is -3.51. The molecule has 0 unspecified atom stereocenters. The first-order valence-electron chi connectivity index (χ1n) is 8.10. The first kappa shape index (κ1) is 18.1. The van der Waals surface area contributed by atoms with E-state index in [4.69, 9.17) is 0 Å². The largest absolute Gasteiger partial charge is 0.368 e. The zero-order chi connectivity index (χ0) is 18.7. The number of amidine groups is 1. The molecule has 0 radical (unpaired) electrons. The van der Waals surface area contributed by atoms with Crippen LogP contribution in [-0.4, -0.2) is 51.7 Å². The summed E-state index contributed by atoms with van der Waals surface area (Å²) in [6.45, 7) is 1.61. The van der Waals surface area contributed by atoms with Crippen LogP contribution in [-0.2, 0) is 10.0 Å². The molecule has 1 heterocycles. The van der Waals surface area contributed by atoms with E-state index in [0.29, 0.717) is 11.3 Å². The molecule has 1 aliphatic rings. The van der Waals surface area contributed by atoms with Gasteiger partial charge in [-0.25, -0.2) is 12.7 Å². The first-order valence-corrected chi connectivity index (χ1v) is 9.54. The van der Waals surface area contributed by atoms with Gasteiger partial charge in [0.2, 0.25) is 10.0 Å². The number of nitrogens with one attached hydrogen (secondary N) is 2. The van der Waals surface area contributed by atoms with Crippen LogP contribution in [0.5, 0.6) is 0 Å². The highest BCUT2D eigenvalue weighted by Gasteiger charge is 2.17. The molecule has 3 rings (SSSR count). The molecule has 0 atom stereocenters. The molecule has 2 aromatic rings. The third-order valence-corrected chi connectivity index (χ3v) is 5.81. The van der Waals surface area contributed by atoms with Crippen molar-refractivity contribution in [3.8, 4) is 0 Å². The molecule has 0 bridgehead atoms. The van der Waals surface area contributed by atoms with Gasteiger partial charge in [0.15, 0.2) is 0 Å². The summed E-state index contributed by atoms with van der Waals surface area (Å²) in [5.41, 5.74) is 2.01. The van der Waals surface area contributed by atoms with E-state index < -0.39 is 10.0 Å². The molecule has 0 saturated carbocycles. The molecule has 1 amide bonds. The van der Waals surface area contributed by atoms with Crippen LogP contribution in [0.25, 0.3) is 0 Å². The second-order valence-corrected chi connectivity index (χ2v) is 8.15. The molecular weight excluding hydrogens is 352 g/mol. The van der Waals surface area contributed by atoms with Crippen molar-refractivity contribution in [2.75, 3.05) is 32.5 Å². The number of benzene rings is 2. The number of anilines is 1. The summed E-state index contributed by atoms with van der Waals surface area (Å²) in [4.78, 5) is 16.8. The topological polar surface area (TPSA) is 90.9 Å². The molecular formula is C18H20N4O3S. The number of sulfonamides is 1. The standard InChI is InChI=1S/C18H20N4O3S/c1-22(2)26(24,25)16-9-5-14(6-10-16)18(23)21-15-7-3-13(4-8-15)17-19-11-12-20-17/h3-10H,11-12H2,1-2H3,(H,19,20)(H,21,23). The van der Waals surface area contributed by atoms with Crippen LogP contribution < -0.4 is 10.6 Å². The molecule has 0 aromatic heterocycles. The van der Waals surface area contributed by atoms with Gasteiger partial charge in [-0.1, -0.05) is 0 Å². The molecule has 0 fully saturated rings. The van der Waals surface area contributed by atoms with E-state index >= 15 is 0 Å². The second-order valence-electron chi connectivity index (χ2n) is 6.00. The normalized spacial score (nSPS) is 14.0. The predicted octanol–water partition coefficient (Wildman–Crippen LogP) is 1.54. The zero-order valence-electron chi connectivity index (χ0n) is 14.6. The minimum Gasteiger partial charge on any atom is -0.368 e. The first-order chi connectivity index (χ1) is 12.4. The Balaban J connectivity index is 1.70. The fourth-order valence-electron chi connectivity index (χ4n) is 2.50. The highest BCUT2D eigenvalue weighted by Crippen LogP contribution is 2.16. The van der Waals surface area contributed by atoms with E-state index in [0.717, 1.165) is 28.8 Å². The number of nitrogens with zero attached hydrogens (tertiary/aromatic N) is 2. The zero-order valence-corrected chi connectivity index (χ0v) is 15.4. The summed E-state index contributed by atoms with van der Waals surface area (Å²) in [7, 11) is -0.578. The van der Waals surface area contributed by atoms with Crippen molar-refractivity contribution in [2.24, 2.45) is 4.99 Å². The van der Waals surface area contributed by atoms with Gasteiger partial charge in [-0.15, -0.1) is 0 Å². The van der Waals surface area contributed by atoms with Crippen molar-refractivity contribution in [2.45, 2.75) is 4.90 Å². The minimum absolute atomic E-state index is 0.147. The van der Waals surface area contributed by atoms with Gasteiger partial charge in [0.25, 0.3) is 5.91 Å². The van der Waals surface area contributed by atoms with Crippen molar-refractivity contribution < 1.29 is 13.2 Å². The lowest BCUT2D eigenvalue weighted by Gasteiger charge is -2.12. The van der Waals surface area contributed by atoms with Gasteiger partial charge in [0.05, 0.1) is 11.4 Å². The number of rotatable bonds is 5. The third-order valence-electron chi connectivity index (χ3n) is 3.99. The van der Waals surface area contributed by atoms with E-state index in [-0.39, 0.29) is 10.8 Å². The molecule has 1 aliphatic heterocycles. The lowest BCUT2D eigenvalue weighted by Crippen LogP contribution is -2.22. The molecule has 2 aromatic carbocycles. The summed E-state index contributed by atoms with van der Waals surface area (Å²) in [5.74, 6) is 0.559. The molecule has 0 saturated heterocycles. The van der Waals surface area contributed by atoms with Crippen LogP contribution in [0.1, 0.15) is 15.9 Å². The lowest BCUT2D eigenvalue weighted by atomic mass is 10.1. The molecule has 2 N–H and O–H groups in total. The maximum Gasteiger partial charge on any atom is 0.255 e. The molecule has 0 spiro atoms. The van der Waals surface area contributed by atoms with Crippen molar-refractivity contribution in [1.29, 1.82) is 0 Å². The number of carbonyl (C=O) groups is 1. The summed E-state index contributed by atoms with van der Waals surface area (Å²) in [6.07, 6.45) is 0. The van der Waals surface area contributed by atoms with Gasteiger partial charge in [0, 0.05) is 37.5 Å². The number of amides is 1. The van der Waals surface area contributed by atoms with Gasteiger partial charge >= 0.3 is 0 Å². The van der Waals surface area contributed by atoms with Gasteiger partial charge in [0.1, 0.15) is 5.84 Å². The second kappa shape index (κ2) is 7.27. The Hall–Kier alpha value is -2.71. The highest BCUT2D eigenvalue weighted by atomic mass is 32.2. The Labute approximate surface area is 152 Å². The van der Waals surface area contributed by atoms with Crippen molar-refractivity contribution in [3.63, 3.8) is 0 Å². The molecule has 26 heavy (non-hydrogen) atoms. The number of carbonyl (C=O) groups excluding carboxylic acids is 1. The SMILES string of the molecule is CN(C)S(=O)(=O)c1ccc(C(=O)Nc2ccc(C3=NCCN3)cc2)cc1. The maximum absolute atomic E-state index is 12.3. The summed E-state index contributed by atoms with van der Waals surface area (Å²) >= 11 is 0. The monoisotopic (exact) mass is 372 g/mol. The average molecular weight is 372 g/mol.